The number of rotatable bonds is 9. The topological polar surface area (TPSA) is 102 Å². The first-order chi connectivity index (χ1) is 12.0. The van der Waals surface area contributed by atoms with E-state index in [-0.39, 0.29) is 11.6 Å². The molecule has 0 spiro atoms. The van der Waals surface area contributed by atoms with Crippen molar-refractivity contribution in [1.82, 2.24) is 10.2 Å². The van der Waals surface area contributed by atoms with E-state index in [4.69, 9.17) is 9.47 Å². The fourth-order valence-corrected chi connectivity index (χ4v) is 2.66. The van der Waals surface area contributed by atoms with Crippen LogP contribution in [0.15, 0.2) is 30.3 Å². The smallest absolute Gasteiger partial charge is 0.233 e. The van der Waals surface area contributed by atoms with Gasteiger partial charge in [0, 0.05) is 6.54 Å². The molecule has 1 aromatic carbocycles. The second-order valence-corrected chi connectivity index (χ2v) is 7.19. The fourth-order valence-electron chi connectivity index (χ4n) is 2.08. The Hall–Kier alpha value is -2.55. The lowest BCUT2D eigenvalue weighted by molar-refractivity contribution is 0.354. The largest absolute Gasteiger partial charge is 0.493 e. The molecule has 0 aliphatic carbocycles. The van der Waals surface area contributed by atoms with Crippen LogP contribution in [0.1, 0.15) is 12.5 Å². The summed E-state index contributed by atoms with van der Waals surface area (Å²) < 4.78 is 35.8. The van der Waals surface area contributed by atoms with Crippen molar-refractivity contribution in [3.05, 3.63) is 35.9 Å². The SMILES string of the molecule is CCS(=O)(=O)Nc1ccc(NCCc2ccc(OC)c(OC)c2)nn1. The fraction of sp³-hybridized carbons (Fsp3) is 0.375. The Morgan fingerprint density at radius 3 is 2.28 bits per heavy atom. The summed E-state index contributed by atoms with van der Waals surface area (Å²) in [6, 6.07) is 9.00. The molecule has 8 nitrogen and oxygen atoms in total. The summed E-state index contributed by atoms with van der Waals surface area (Å²) in [6.45, 7) is 2.20. The molecule has 0 amide bonds. The Bertz CT molecular complexity index is 794. The van der Waals surface area contributed by atoms with Crippen molar-refractivity contribution < 1.29 is 17.9 Å². The van der Waals surface area contributed by atoms with Crippen molar-refractivity contribution >= 4 is 21.7 Å². The third-order valence-corrected chi connectivity index (χ3v) is 4.75. The number of anilines is 2. The van der Waals surface area contributed by atoms with Crippen molar-refractivity contribution in [3.8, 4) is 11.5 Å². The lowest BCUT2D eigenvalue weighted by atomic mass is 10.1. The van der Waals surface area contributed by atoms with Crippen LogP contribution in [0.5, 0.6) is 11.5 Å². The third-order valence-electron chi connectivity index (χ3n) is 3.47. The maximum Gasteiger partial charge on any atom is 0.233 e. The first-order valence-electron chi connectivity index (χ1n) is 7.76. The van der Waals surface area contributed by atoms with Gasteiger partial charge >= 0.3 is 0 Å². The third kappa shape index (κ3) is 5.49. The van der Waals surface area contributed by atoms with Crippen molar-refractivity contribution in [2.45, 2.75) is 13.3 Å². The minimum absolute atomic E-state index is 0.0139. The summed E-state index contributed by atoms with van der Waals surface area (Å²) >= 11 is 0. The summed E-state index contributed by atoms with van der Waals surface area (Å²) in [6.07, 6.45) is 0.756. The van der Waals surface area contributed by atoms with E-state index in [9.17, 15) is 8.42 Å². The average molecular weight is 366 g/mol. The van der Waals surface area contributed by atoms with Gasteiger partial charge in [-0.15, -0.1) is 10.2 Å². The van der Waals surface area contributed by atoms with Crippen LogP contribution in [0.4, 0.5) is 11.6 Å². The van der Waals surface area contributed by atoms with Crippen LogP contribution < -0.4 is 19.5 Å². The van der Waals surface area contributed by atoms with Gasteiger partial charge in [0.2, 0.25) is 10.0 Å². The number of methoxy groups -OCH3 is 2. The van der Waals surface area contributed by atoms with Gasteiger partial charge < -0.3 is 14.8 Å². The van der Waals surface area contributed by atoms with Crippen LogP contribution in [0, 0.1) is 0 Å². The number of aromatic nitrogens is 2. The van der Waals surface area contributed by atoms with Crippen LogP contribution in [0.3, 0.4) is 0 Å². The Kier molecular flexibility index (Phi) is 6.40. The van der Waals surface area contributed by atoms with E-state index < -0.39 is 10.0 Å². The van der Waals surface area contributed by atoms with E-state index in [0.29, 0.717) is 23.9 Å². The zero-order valence-corrected chi connectivity index (χ0v) is 15.3. The number of benzene rings is 1. The van der Waals surface area contributed by atoms with Gasteiger partial charge in [0.15, 0.2) is 17.3 Å². The predicted molar refractivity (Wildman–Crippen MR) is 96.9 cm³/mol. The highest BCUT2D eigenvalue weighted by Gasteiger charge is 2.08. The number of hydrogen-bond acceptors (Lipinski definition) is 7. The highest BCUT2D eigenvalue weighted by atomic mass is 32.2. The molecule has 2 aromatic rings. The second kappa shape index (κ2) is 8.52. The average Bonchev–Trinajstić information content (AvgIpc) is 2.62. The first kappa shape index (κ1) is 18.8. The highest BCUT2D eigenvalue weighted by molar-refractivity contribution is 7.92. The number of hydrogen-bond donors (Lipinski definition) is 2. The molecule has 1 aromatic heterocycles. The number of ether oxygens (including phenoxy) is 2. The van der Waals surface area contributed by atoms with Crippen LogP contribution in [0.25, 0.3) is 0 Å². The molecule has 2 rings (SSSR count). The molecule has 0 bridgehead atoms. The van der Waals surface area contributed by atoms with Gasteiger partial charge in [0.1, 0.15) is 5.82 Å². The summed E-state index contributed by atoms with van der Waals surface area (Å²) in [7, 11) is -0.146. The molecule has 0 atom stereocenters. The molecular weight excluding hydrogens is 344 g/mol. The predicted octanol–water partition coefficient (Wildman–Crippen LogP) is 1.91. The standard InChI is InChI=1S/C16H22N4O4S/c1-4-25(21,22)20-16-8-7-15(18-19-16)17-10-9-12-5-6-13(23-2)14(11-12)24-3/h5-8,11H,4,9-10H2,1-3H3,(H,17,18)(H,19,20). The Morgan fingerprint density at radius 1 is 1.00 bits per heavy atom. The number of nitrogens with zero attached hydrogens (tertiary/aromatic N) is 2. The molecule has 0 fully saturated rings. The van der Waals surface area contributed by atoms with E-state index in [0.717, 1.165) is 12.0 Å². The van der Waals surface area contributed by atoms with E-state index in [1.165, 1.54) is 0 Å². The lowest BCUT2D eigenvalue weighted by Crippen LogP contribution is -2.16. The lowest BCUT2D eigenvalue weighted by Gasteiger charge is -2.10. The molecule has 0 aliphatic heterocycles. The summed E-state index contributed by atoms with van der Waals surface area (Å²) in [5, 5.41) is 10.9. The quantitative estimate of drug-likeness (QED) is 0.699. The van der Waals surface area contributed by atoms with Gasteiger partial charge in [-0.05, 0) is 43.2 Å². The van der Waals surface area contributed by atoms with Crippen LogP contribution in [-0.2, 0) is 16.4 Å². The molecule has 2 N–H and O–H groups in total. The Morgan fingerprint density at radius 2 is 1.68 bits per heavy atom. The maximum atomic E-state index is 11.5. The van der Waals surface area contributed by atoms with Gasteiger partial charge in [-0.1, -0.05) is 6.07 Å². The van der Waals surface area contributed by atoms with Gasteiger partial charge in [-0.3, -0.25) is 4.72 Å². The zero-order chi connectivity index (χ0) is 18.3. The molecule has 1 heterocycles. The van der Waals surface area contributed by atoms with E-state index in [1.807, 2.05) is 18.2 Å². The van der Waals surface area contributed by atoms with Gasteiger partial charge in [-0.25, -0.2) is 8.42 Å². The van der Waals surface area contributed by atoms with E-state index >= 15 is 0 Å². The molecule has 0 saturated carbocycles. The zero-order valence-electron chi connectivity index (χ0n) is 14.4. The maximum absolute atomic E-state index is 11.5. The Labute approximate surface area is 147 Å². The van der Waals surface area contributed by atoms with Gasteiger partial charge in [0.25, 0.3) is 0 Å². The van der Waals surface area contributed by atoms with Crippen LogP contribution in [-0.4, -0.2) is 45.1 Å². The highest BCUT2D eigenvalue weighted by Crippen LogP contribution is 2.27. The van der Waals surface area contributed by atoms with E-state index in [1.54, 1.807) is 33.3 Å². The first-order valence-corrected chi connectivity index (χ1v) is 9.41. The summed E-state index contributed by atoms with van der Waals surface area (Å²) in [5.74, 6) is 2.13. The second-order valence-electron chi connectivity index (χ2n) is 5.18. The summed E-state index contributed by atoms with van der Waals surface area (Å²) in [5.41, 5.74) is 1.09. The molecule has 25 heavy (non-hydrogen) atoms. The van der Waals surface area contributed by atoms with Crippen LogP contribution in [0.2, 0.25) is 0 Å². The minimum Gasteiger partial charge on any atom is -0.493 e. The van der Waals surface area contributed by atoms with Crippen molar-refractivity contribution in [1.29, 1.82) is 0 Å². The monoisotopic (exact) mass is 366 g/mol. The van der Waals surface area contributed by atoms with Gasteiger partial charge in [-0.2, -0.15) is 0 Å². The molecule has 0 unspecified atom stereocenters. The van der Waals surface area contributed by atoms with E-state index in [2.05, 4.69) is 20.2 Å². The van der Waals surface area contributed by atoms with Gasteiger partial charge in [0.05, 0.1) is 20.0 Å². The normalized spacial score (nSPS) is 11.0. The summed E-state index contributed by atoms with van der Waals surface area (Å²) in [4.78, 5) is 0. The number of nitrogens with one attached hydrogen (secondary N) is 2. The Balaban J connectivity index is 1.89. The molecular formula is C16H22N4O4S. The van der Waals surface area contributed by atoms with Crippen molar-refractivity contribution in [2.75, 3.05) is 36.6 Å². The van der Waals surface area contributed by atoms with Crippen molar-refractivity contribution in [2.24, 2.45) is 0 Å². The minimum atomic E-state index is -3.35. The molecule has 136 valence electrons. The van der Waals surface area contributed by atoms with Crippen molar-refractivity contribution in [3.63, 3.8) is 0 Å². The molecule has 9 heteroatoms. The molecule has 0 saturated heterocycles. The molecule has 0 aliphatic rings. The number of sulfonamides is 1. The molecule has 0 radical (unpaired) electrons. The van der Waals surface area contributed by atoms with Crippen LogP contribution >= 0.6 is 0 Å².